The van der Waals surface area contributed by atoms with E-state index in [-0.39, 0.29) is 17.9 Å². The van der Waals surface area contributed by atoms with Gasteiger partial charge >= 0.3 is 11.9 Å². The quantitative estimate of drug-likeness (QED) is 0.369. The molecule has 0 amide bonds. The highest BCUT2D eigenvalue weighted by Gasteiger charge is 2.15. The second-order valence-corrected chi connectivity index (χ2v) is 6.37. The Morgan fingerprint density at radius 2 is 1.19 bits per heavy atom. The number of carbonyl (C=O) groups is 2. The average molecular weight is 354 g/mol. The van der Waals surface area contributed by atoms with E-state index in [4.69, 9.17) is 9.47 Å². The second-order valence-electron chi connectivity index (χ2n) is 6.37. The molecule has 0 aliphatic carbocycles. The Kier molecular flexibility index (Phi) is 7.39. The first-order valence-electron chi connectivity index (χ1n) is 9.06. The van der Waals surface area contributed by atoms with Gasteiger partial charge in [0.15, 0.2) is 0 Å². The van der Waals surface area contributed by atoms with Gasteiger partial charge in [-0.15, -0.1) is 0 Å². The molecule has 0 aliphatic heterocycles. The van der Waals surface area contributed by atoms with E-state index in [9.17, 15) is 9.59 Å². The number of benzene rings is 2. The first kappa shape index (κ1) is 19.7. The van der Waals surface area contributed by atoms with Crippen LogP contribution in [0.25, 0.3) is 0 Å². The van der Waals surface area contributed by atoms with Gasteiger partial charge in [-0.25, -0.2) is 0 Å². The Balaban J connectivity index is 2.21. The van der Waals surface area contributed by atoms with Gasteiger partial charge in [0.25, 0.3) is 0 Å². The summed E-state index contributed by atoms with van der Waals surface area (Å²) >= 11 is 0. The standard InChI is InChI=1S/C22H26O4/c1-4-5-6-7-22(18-8-12-20(13-9-18)25-16(2)23)19-10-14-21(15-11-19)26-17(3)24/h8-15,22H,4-7H2,1-3H3. The van der Waals surface area contributed by atoms with E-state index >= 15 is 0 Å². The van der Waals surface area contributed by atoms with E-state index in [0.29, 0.717) is 11.5 Å². The van der Waals surface area contributed by atoms with Crippen LogP contribution in [0.3, 0.4) is 0 Å². The molecule has 4 heteroatoms. The number of esters is 2. The lowest BCUT2D eigenvalue weighted by atomic mass is 9.87. The van der Waals surface area contributed by atoms with E-state index in [0.717, 1.165) is 12.8 Å². The van der Waals surface area contributed by atoms with Crippen LogP contribution in [0, 0.1) is 0 Å². The van der Waals surface area contributed by atoms with E-state index in [1.54, 1.807) is 0 Å². The minimum absolute atomic E-state index is 0.249. The van der Waals surface area contributed by atoms with Crippen LogP contribution in [-0.2, 0) is 9.59 Å². The summed E-state index contributed by atoms with van der Waals surface area (Å²) in [6, 6.07) is 15.4. The molecule has 0 N–H and O–H groups in total. The molecule has 0 saturated heterocycles. The summed E-state index contributed by atoms with van der Waals surface area (Å²) < 4.78 is 10.2. The number of hydrogen-bond acceptors (Lipinski definition) is 4. The molecule has 2 rings (SSSR count). The molecule has 0 aliphatic rings. The summed E-state index contributed by atoms with van der Waals surface area (Å²) in [5, 5.41) is 0. The normalized spacial score (nSPS) is 10.6. The molecule has 0 heterocycles. The Morgan fingerprint density at radius 3 is 1.54 bits per heavy atom. The summed E-state index contributed by atoms with van der Waals surface area (Å²) in [4.78, 5) is 22.2. The van der Waals surface area contributed by atoms with Gasteiger partial charge in [0.05, 0.1) is 0 Å². The molecule has 2 aromatic rings. The molecule has 4 nitrogen and oxygen atoms in total. The van der Waals surface area contributed by atoms with Crippen molar-refractivity contribution in [1.82, 2.24) is 0 Å². The molecule has 0 radical (unpaired) electrons. The van der Waals surface area contributed by atoms with Crippen LogP contribution in [0.2, 0.25) is 0 Å². The maximum atomic E-state index is 11.1. The number of ether oxygens (including phenoxy) is 2. The molecule has 0 aromatic heterocycles. The van der Waals surface area contributed by atoms with E-state index in [1.165, 1.54) is 37.8 Å². The van der Waals surface area contributed by atoms with E-state index in [2.05, 4.69) is 6.92 Å². The van der Waals surface area contributed by atoms with Crippen molar-refractivity contribution in [2.75, 3.05) is 0 Å². The minimum atomic E-state index is -0.321. The third-order valence-corrected chi connectivity index (χ3v) is 4.18. The Bertz CT molecular complexity index is 657. The highest BCUT2D eigenvalue weighted by Crippen LogP contribution is 2.32. The molecular weight excluding hydrogens is 328 g/mol. The molecular formula is C22H26O4. The molecule has 0 spiro atoms. The largest absolute Gasteiger partial charge is 0.427 e. The summed E-state index contributed by atoms with van der Waals surface area (Å²) in [6.07, 6.45) is 4.53. The van der Waals surface area contributed by atoms with Crippen molar-refractivity contribution in [3.05, 3.63) is 59.7 Å². The number of carbonyl (C=O) groups excluding carboxylic acids is 2. The average Bonchev–Trinajstić information content (AvgIpc) is 2.60. The van der Waals surface area contributed by atoms with Gasteiger partial charge in [-0.1, -0.05) is 50.5 Å². The fraction of sp³-hybridized carbons (Fsp3) is 0.364. The lowest BCUT2D eigenvalue weighted by Gasteiger charge is -2.19. The van der Waals surface area contributed by atoms with Crippen molar-refractivity contribution in [2.45, 2.75) is 52.4 Å². The predicted octanol–water partition coefficient (Wildman–Crippen LogP) is 5.25. The van der Waals surface area contributed by atoms with Crippen LogP contribution in [0.4, 0.5) is 0 Å². The summed E-state index contributed by atoms with van der Waals surface area (Å²) in [7, 11) is 0. The van der Waals surface area contributed by atoms with Gasteiger partial charge in [-0.05, 0) is 41.8 Å². The van der Waals surface area contributed by atoms with Crippen molar-refractivity contribution in [1.29, 1.82) is 0 Å². The van der Waals surface area contributed by atoms with Crippen molar-refractivity contribution in [2.24, 2.45) is 0 Å². The molecule has 0 saturated carbocycles. The second kappa shape index (κ2) is 9.76. The van der Waals surface area contributed by atoms with Crippen molar-refractivity contribution in [3.8, 4) is 11.5 Å². The summed E-state index contributed by atoms with van der Waals surface area (Å²) in [5.74, 6) is 0.716. The van der Waals surface area contributed by atoms with Gasteiger partial charge < -0.3 is 9.47 Å². The number of hydrogen-bond donors (Lipinski definition) is 0. The molecule has 0 fully saturated rings. The number of rotatable bonds is 8. The lowest BCUT2D eigenvalue weighted by Crippen LogP contribution is -2.05. The van der Waals surface area contributed by atoms with Gasteiger partial charge in [0.2, 0.25) is 0 Å². The van der Waals surface area contributed by atoms with Crippen LogP contribution in [0.1, 0.15) is 63.5 Å². The SMILES string of the molecule is CCCCCC(c1ccc(OC(C)=O)cc1)c1ccc(OC(C)=O)cc1. The first-order chi connectivity index (χ1) is 12.5. The van der Waals surface area contributed by atoms with Crippen molar-refractivity contribution in [3.63, 3.8) is 0 Å². The smallest absolute Gasteiger partial charge is 0.308 e. The van der Waals surface area contributed by atoms with Gasteiger partial charge in [-0.2, -0.15) is 0 Å². The molecule has 2 aromatic carbocycles. The highest BCUT2D eigenvalue weighted by molar-refractivity contribution is 5.69. The molecule has 26 heavy (non-hydrogen) atoms. The predicted molar refractivity (Wildman–Crippen MR) is 101 cm³/mol. The van der Waals surface area contributed by atoms with Crippen LogP contribution < -0.4 is 9.47 Å². The fourth-order valence-corrected chi connectivity index (χ4v) is 2.99. The van der Waals surface area contributed by atoms with Gasteiger partial charge in [-0.3, -0.25) is 9.59 Å². The van der Waals surface area contributed by atoms with E-state index in [1.807, 2.05) is 48.5 Å². The summed E-state index contributed by atoms with van der Waals surface area (Å²) in [5.41, 5.74) is 2.36. The van der Waals surface area contributed by atoms with Crippen LogP contribution in [-0.4, -0.2) is 11.9 Å². The first-order valence-corrected chi connectivity index (χ1v) is 9.06. The van der Waals surface area contributed by atoms with Crippen LogP contribution in [0.15, 0.2) is 48.5 Å². The fourth-order valence-electron chi connectivity index (χ4n) is 2.99. The van der Waals surface area contributed by atoms with E-state index < -0.39 is 0 Å². The Hall–Kier alpha value is -2.62. The third-order valence-electron chi connectivity index (χ3n) is 4.18. The lowest BCUT2D eigenvalue weighted by molar-refractivity contribution is -0.132. The highest BCUT2D eigenvalue weighted by atomic mass is 16.5. The van der Waals surface area contributed by atoms with Gasteiger partial charge in [0, 0.05) is 19.8 Å². The molecule has 0 atom stereocenters. The topological polar surface area (TPSA) is 52.6 Å². The summed E-state index contributed by atoms with van der Waals surface area (Å²) in [6.45, 7) is 4.98. The van der Waals surface area contributed by atoms with Crippen molar-refractivity contribution < 1.29 is 19.1 Å². The van der Waals surface area contributed by atoms with Crippen LogP contribution in [0.5, 0.6) is 11.5 Å². The zero-order valence-corrected chi connectivity index (χ0v) is 15.7. The van der Waals surface area contributed by atoms with Crippen molar-refractivity contribution >= 4 is 11.9 Å². The minimum Gasteiger partial charge on any atom is -0.427 e. The maximum Gasteiger partial charge on any atom is 0.308 e. The maximum absolute atomic E-state index is 11.1. The Morgan fingerprint density at radius 1 is 0.769 bits per heavy atom. The number of unbranched alkanes of at least 4 members (excludes halogenated alkanes) is 2. The van der Waals surface area contributed by atoms with Crippen LogP contribution >= 0.6 is 0 Å². The monoisotopic (exact) mass is 354 g/mol. The van der Waals surface area contributed by atoms with Gasteiger partial charge in [0.1, 0.15) is 11.5 Å². The zero-order valence-electron chi connectivity index (χ0n) is 15.7. The zero-order chi connectivity index (χ0) is 18.9. The molecule has 0 bridgehead atoms. The third kappa shape index (κ3) is 6.03. The molecule has 138 valence electrons. The molecule has 0 unspecified atom stereocenters. The Labute approximate surface area is 155 Å².